The standard InChI is InChI=1S/C18H25ClN4O2S.HI/c1-2-20-18(21-12-15(24)16-4-3-11-25-16)23-9-7-22(8-10-23)13-14-5-6-17(19)26-14;/h3-6,11,15,24H,2,7-10,12-13H2,1H3,(H,20,21);1H. The molecule has 0 amide bonds. The molecule has 1 aliphatic heterocycles. The van der Waals surface area contributed by atoms with E-state index in [2.05, 4.69) is 33.1 Å². The van der Waals surface area contributed by atoms with Gasteiger partial charge in [-0.3, -0.25) is 4.90 Å². The Kier molecular flexibility index (Phi) is 9.37. The second-order valence-corrected chi connectivity index (χ2v) is 7.99. The van der Waals surface area contributed by atoms with E-state index in [1.54, 1.807) is 29.7 Å². The average molecular weight is 525 g/mol. The molecule has 1 fully saturated rings. The number of nitrogens with zero attached hydrogens (tertiary/aromatic N) is 3. The van der Waals surface area contributed by atoms with E-state index in [1.165, 1.54) is 4.88 Å². The third-order valence-corrected chi connectivity index (χ3v) is 5.52. The van der Waals surface area contributed by atoms with Crippen molar-refractivity contribution in [2.24, 2.45) is 4.99 Å². The number of aliphatic hydroxyl groups excluding tert-OH is 1. The normalized spacial score (nSPS) is 16.9. The minimum absolute atomic E-state index is 0. The van der Waals surface area contributed by atoms with Crippen molar-refractivity contribution < 1.29 is 9.52 Å². The Labute approximate surface area is 186 Å². The van der Waals surface area contributed by atoms with Crippen LogP contribution in [-0.2, 0) is 6.54 Å². The lowest BCUT2D eigenvalue weighted by Crippen LogP contribution is -2.52. The monoisotopic (exact) mass is 524 g/mol. The Morgan fingerprint density at radius 1 is 1.33 bits per heavy atom. The zero-order valence-corrected chi connectivity index (χ0v) is 19.2. The quantitative estimate of drug-likeness (QED) is 0.344. The number of rotatable bonds is 6. The molecule has 1 unspecified atom stereocenters. The van der Waals surface area contributed by atoms with E-state index in [-0.39, 0.29) is 30.5 Å². The van der Waals surface area contributed by atoms with Crippen LogP contribution in [0.1, 0.15) is 23.7 Å². The SMILES string of the molecule is CCNC(=NCC(O)c1ccco1)N1CCN(Cc2ccc(Cl)s2)CC1.I. The number of aliphatic hydroxyl groups is 1. The van der Waals surface area contributed by atoms with Gasteiger partial charge in [0.2, 0.25) is 0 Å². The number of hydrogen-bond donors (Lipinski definition) is 2. The van der Waals surface area contributed by atoms with Crippen LogP contribution in [0.3, 0.4) is 0 Å². The molecule has 150 valence electrons. The average Bonchev–Trinajstić information content (AvgIpc) is 3.31. The van der Waals surface area contributed by atoms with Crippen LogP contribution in [0, 0.1) is 0 Å². The molecule has 1 aliphatic rings. The molecule has 27 heavy (non-hydrogen) atoms. The molecule has 0 spiro atoms. The zero-order valence-electron chi connectivity index (χ0n) is 15.3. The number of nitrogens with one attached hydrogen (secondary N) is 1. The number of furan rings is 1. The highest BCUT2D eigenvalue weighted by Gasteiger charge is 2.20. The van der Waals surface area contributed by atoms with Crippen molar-refractivity contribution in [1.82, 2.24) is 15.1 Å². The Hall–Kier alpha value is -0.810. The van der Waals surface area contributed by atoms with Gasteiger partial charge in [0.05, 0.1) is 17.1 Å². The fourth-order valence-electron chi connectivity index (χ4n) is 2.94. The summed E-state index contributed by atoms with van der Waals surface area (Å²) in [4.78, 5) is 10.6. The molecule has 0 aromatic carbocycles. The van der Waals surface area contributed by atoms with E-state index in [4.69, 9.17) is 16.0 Å². The maximum Gasteiger partial charge on any atom is 0.194 e. The lowest BCUT2D eigenvalue weighted by atomic mass is 10.3. The Bertz CT molecular complexity index is 702. The number of hydrogen-bond acceptors (Lipinski definition) is 5. The summed E-state index contributed by atoms with van der Waals surface area (Å²) < 4.78 is 6.08. The molecule has 1 atom stereocenters. The maximum absolute atomic E-state index is 10.2. The lowest BCUT2D eigenvalue weighted by Gasteiger charge is -2.36. The van der Waals surface area contributed by atoms with Gasteiger partial charge in [-0.05, 0) is 31.2 Å². The summed E-state index contributed by atoms with van der Waals surface area (Å²) in [6.07, 6.45) is 0.844. The molecule has 6 nitrogen and oxygen atoms in total. The fourth-order valence-corrected chi connectivity index (χ4v) is 4.07. The molecule has 0 radical (unpaired) electrons. The second kappa shape index (κ2) is 11.3. The largest absolute Gasteiger partial charge is 0.467 e. The van der Waals surface area contributed by atoms with Gasteiger partial charge in [0.25, 0.3) is 0 Å². The van der Waals surface area contributed by atoms with Crippen molar-refractivity contribution in [3.63, 3.8) is 0 Å². The van der Waals surface area contributed by atoms with Gasteiger partial charge in [-0.1, -0.05) is 11.6 Å². The summed E-state index contributed by atoms with van der Waals surface area (Å²) in [5.41, 5.74) is 0. The Balaban J connectivity index is 0.00000261. The number of guanidine groups is 1. The first-order valence-corrected chi connectivity index (χ1v) is 10.1. The van der Waals surface area contributed by atoms with Crippen molar-refractivity contribution in [1.29, 1.82) is 0 Å². The van der Waals surface area contributed by atoms with Gasteiger partial charge < -0.3 is 19.7 Å². The molecule has 0 bridgehead atoms. The zero-order chi connectivity index (χ0) is 18.4. The number of piperazine rings is 1. The minimum Gasteiger partial charge on any atom is -0.467 e. The van der Waals surface area contributed by atoms with Crippen LogP contribution < -0.4 is 5.32 Å². The molecule has 9 heteroatoms. The molecule has 2 N–H and O–H groups in total. The number of aliphatic imine (C=N–C) groups is 1. The van der Waals surface area contributed by atoms with Gasteiger partial charge in [0.15, 0.2) is 5.96 Å². The van der Waals surface area contributed by atoms with Gasteiger partial charge in [-0.25, -0.2) is 4.99 Å². The van der Waals surface area contributed by atoms with E-state index in [1.807, 2.05) is 6.07 Å². The summed E-state index contributed by atoms with van der Waals surface area (Å²) in [6.45, 7) is 7.82. The first-order valence-electron chi connectivity index (χ1n) is 8.87. The molecule has 0 aliphatic carbocycles. The predicted molar refractivity (Wildman–Crippen MR) is 121 cm³/mol. The third-order valence-electron chi connectivity index (χ3n) is 4.30. The van der Waals surface area contributed by atoms with Gasteiger partial charge >= 0.3 is 0 Å². The van der Waals surface area contributed by atoms with Gasteiger partial charge in [0, 0.05) is 44.1 Å². The van der Waals surface area contributed by atoms with Crippen LogP contribution in [0.4, 0.5) is 0 Å². The highest BCUT2D eigenvalue weighted by atomic mass is 127. The van der Waals surface area contributed by atoms with Gasteiger partial charge in [0.1, 0.15) is 11.9 Å². The lowest BCUT2D eigenvalue weighted by molar-refractivity contribution is 0.155. The highest BCUT2D eigenvalue weighted by molar-refractivity contribution is 14.0. The second-order valence-electron chi connectivity index (χ2n) is 6.19. The topological polar surface area (TPSA) is 64.2 Å². The van der Waals surface area contributed by atoms with Gasteiger partial charge in [-0.15, -0.1) is 35.3 Å². The summed E-state index contributed by atoms with van der Waals surface area (Å²) in [5, 5.41) is 13.5. The third kappa shape index (κ3) is 6.63. The van der Waals surface area contributed by atoms with Crippen molar-refractivity contribution in [3.8, 4) is 0 Å². The maximum atomic E-state index is 10.2. The molecule has 2 aromatic heterocycles. The van der Waals surface area contributed by atoms with Crippen molar-refractivity contribution >= 4 is 52.9 Å². The van der Waals surface area contributed by atoms with Crippen LogP contribution in [-0.4, -0.2) is 60.1 Å². The van der Waals surface area contributed by atoms with Crippen LogP contribution >= 0.6 is 46.9 Å². The Morgan fingerprint density at radius 3 is 2.70 bits per heavy atom. The van der Waals surface area contributed by atoms with E-state index in [0.29, 0.717) is 5.76 Å². The minimum atomic E-state index is -0.719. The van der Waals surface area contributed by atoms with Crippen LogP contribution in [0.25, 0.3) is 0 Å². The van der Waals surface area contributed by atoms with E-state index in [9.17, 15) is 5.11 Å². The summed E-state index contributed by atoms with van der Waals surface area (Å²) in [7, 11) is 0. The van der Waals surface area contributed by atoms with E-state index >= 15 is 0 Å². The Morgan fingerprint density at radius 2 is 2.11 bits per heavy atom. The molecule has 0 saturated carbocycles. The predicted octanol–water partition coefficient (Wildman–Crippen LogP) is 3.43. The van der Waals surface area contributed by atoms with Crippen molar-refractivity contribution in [3.05, 3.63) is 45.5 Å². The molecule has 3 rings (SSSR count). The summed E-state index contributed by atoms with van der Waals surface area (Å²) in [6, 6.07) is 7.59. The fraction of sp³-hybridized carbons (Fsp3) is 0.500. The summed E-state index contributed by atoms with van der Waals surface area (Å²) >= 11 is 7.66. The van der Waals surface area contributed by atoms with Crippen molar-refractivity contribution in [2.75, 3.05) is 39.3 Å². The van der Waals surface area contributed by atoms with Crippen molar-refractivity contribution in [2.45, 2.75) is 19.6 Å². The van der Waals surface area contributed by atoms with Crippen LogP contribution in [0.15, 0.2) is 39.9 Å². The van der Waals surface area contributed by atoms with Crippen LogP contribution in [0.2, 0.25) is 4.34 Å². The molecular formula is C18H26ClIN4O2S. The molecule has 2 aromatic rings. The molecule has 1 saturated heterocycles. The van der Waals surface area contributed by atoms with Gasteiger partial charge in [-0.2, -0.15) is 0 Å². The van der Waals surface area contributed by atoms with Crippen LogP contribution in [0.5, 0.6) is 0 Å². The first kappa shape index (κ1) is 22.5. The smallest absolute Gasteiger partial charge is 0.194 e. The number of thiophene rings is 1. The molecule has 3 heterocycles. The molecular weight excluding hydrogens is 499 g/mol. The highest BCUT2D eigenvalue weighted by Crippen LogP contribution is 2.23. The van der Waals surface area contributed by atoms with E-state index in [0.717, 1.165) is 49.6 Å². The first-order chi connectivity index (χ1) is 12.7. The number of halogens is 2. The van der Waals surface area contributed by atoms with E-state index < -0.39 is 6.10 Å². The summed E-state index contributed by atoms with van der Waals surface area (Å²) in [5.74, 6) is 1.39.